The van der Waals surface area contributed by atoms with Crippen LogP contribution in [-0.4, -0.2) is 55.6 Å². The molecule has 104 valence electrons. The molecule has 1 fully saturated rings. The Labute approximate surface area is 119 Å². The van der Waals surface area contributed by atoms with Crippen molar-refractivity contribution in [3.05, 3.63) is 30.3 Å². The fourth-order valence-electron chi connectivity index (χ4n) is 2.02. The Kier molecular flexibility index (Phi) is 5.39. The molecule has 2 N–H and O–H groups in total. The molecule has 1 heterocycles. The quantitative estimate of drug-likeness (QED) is 0.669. The standard InChI is InChI=1S/C14H22N4S/c1-17(13-5-3-2-4-6-13)8-7-16-14(15)18-9-11-19-12-10-18/h2-6H,7-12H2,1H3,(H2,15,16). The normalized spacial score (nSPS) is 16.5. The van der Waals surface area contributed by atoms with Gasteiger partial charge in [0.1, 0.15) is 0 Å². The number of thioether (sulfide) groups is 1. The van der Waals surface area contributed by atoms with Crippen molar-refractivity contribution in [3.63, 3.8) is 0 Å². The summed E-state index contributed by atoms with van der Waals surface area (Å²) in [5, 5.41) is 0. The largest absolute Gasteiger partial charge is 0.373 e. The van der Waals surface area contributed by atoms with Crippen molar-refractivity contribution in [2.24, 2.45) is 10.7 Å². The van der Waals surface area contributed by atoms with Crippen LogP contribution in [0, 0.1) is 0 Å². The Morgan fingerprint density at radius 2 is 2.00 bits per heavy atom. The summed E-state index contributed by atoms with van der Waals surface area (Å²) in [6, 6.07) is 10.3. The van der Waals surface area contributed by atoms with Crippen LogP contribution in [0.2, 0.25) is 0 Å². The molecule has 19 heavy (non-hydrogen) atoms. The first-order valence-electron chi connectivity index (χ1n) is 6.66. The van der Waals surface area contributed by atoms with Crippen molar-refractivity contribution in [3.8, 4) is 0 Å². The zero-order valence-corrected chi connectivity index (χ0v) is 12.3. The lowest BCUT2D eigenvalue weighted by molar-refractivity contribution is 0.456. The van der Waals surface area contributed by atoms with Crippen LogP contribution in [0.15, 0.2) is 35.3 Å². The maximum atomic E-state index is 6.02. The van der Waals surface area contributed by atoms with E-state index in [0.717, 1.165) is 37.7 Å². The summed E-state index contributed by atoms with van der Waals surface area (Å²) in [4.78, 5) is 8.86. The molecule has 0 amide bonds. The van der Waals surface area contributed by atoms with Crippen LogP contribution in [-0.2, 0) is 0 Å². The zero-order valence-electron chi connectivity index (χ0n) is 11.5. The summed E-state index contributed by atoms with van der Waals surface area (Å²) >= 11 is 1.98. The van der Waals surface area contributed by atoms with Gasteiger partial charge in [-0.15, -0.1) is 0 Å². The molecule has 0 saturated carbocycles. The maximum Gasteiger partial charge on any atom is 0.191 e. The number of nitrogens with two attached hydrogens (primary N) is 1. The van der Waals surface area contributed by atoms with Gasteiger partial charge in [-0.3, -0.25) is 4.99 Å². The van der Waals surface area contributed by atoms with Crippen molar-refractivity contribution >= 4 is 23.4 Å². The van der Waals surface area contributed by atoms with Gasteiger partial charge in [0.05, 0.1) is 6.54 Å². The van der Waals surface area contributed by atoms with Gasteiger partial charge < -0.3 is 15.5 Å². The average molecular weight is 278 g/mol. The highest BCUT2D eigenvalue weighted by Gasteiger charge is 2.11. The second-order valence-electron chi connectivity index (χ2n) is 4.60. The molecule has 1 aromatic carbocycles. The minimum absolute atomic E-state index is 0.696. The zero-order chi connectivity index (χ0) is 13.5. The van der Waals surface area contributed by atoms with E-state index in [2.05, 4.69) is 46.1 Å². The molecule has 1 aliphatic heterocycles. The minimum Gasteiger partial charge on any atom is -0.373 e. The lowest BCUT2D eigenvalue weighted by Crippen LogP contribution is -2.43. The van der Waals surface area contributed by atoms with E-state index in [1.807, 2.05) is 17.8 Å². The fourth-order valence-corrected chi connectivity index (χ4v) is 2.92. The van der Waals surface area contributed by atoms with Crippen LogP contribution < -0.4 is 10.6 Å². The average Bonchev–Trinajstić information content (AvgIpc) is 2.49. The molecule has 4 nitrogen and oxygen atoms in total. The molecule has 1 aromatic rings. The van der Waals surface area contributed by atoms with E-state index in [-0.39, 0.29) is 0 Å². The lowest BCUT2D eigenvalue weighted by Gasteiger charge is -2.27. The number of rotatable bonds is 4. The van der Waals surface area contributed by atoms with E-state index in [4.69, 9.17) is 5.73 Å². The number of para-hydroxylation sites is 1. The van der Waals surface area contributed by atoms with Crippen molar-refractivity contribution in [2.75, 3.05) is 49.6 Å². The van der Waals surface area contributed by atoms with Crippen molar-refractivity contribution < 1.29 is 0 Å². The SMILES string of the molecule is CN(CCN=C(N)N1CCSCC1)c1ccccc1. The Morgan fingerprint density at radius 1 is 1.32 bits per heavy atom. The Hall–Kier alpha value is -1.36. The van der Waals surface area contributed by atoms with Gasteiger partial charge >= 0.3 is 0 Å². The van der Waals surface area contributed by atoms with Crippen LogP contribution in [0.25, 0.3) is 0 Å². The molecule has 0 atom stereocenters. The second kappa shape index (κ2) is 7.28. The molecule has 0 spiro atoms. The number of hydrogen-bond acceptors (Lipinski definition) is 3. The van der Waals surface area contributed by atoms with Crippen LogP contribution >= 0.6 is 11.8 Å². The van der Waals surface area contributed by atoms with Crippen molar-refractivity contribution in [2.45, 2.75) is 0 Å². The first-order valence-corrected chi connectivity index (χ1v) is 7.81. The van der Waals surface area contributed by atoms with E-state index >= 15 is 0 Å². The van der Waals surface area contributed by atoms with Gasteiger partial charge in [-0.25, -0.2) is 0 Å². The highest BCUT2D eigenvalue weighted by Crippen LogP contribution is 2.10. The smallest absolute Gasteiger partial charge is 0.191 e. The van der Waals surface area contributed by atoms with Crippen molar-refractivity contribution in [1.82, 2.24) is 4.90 Å². The summed E-state index contributed by atoms with van der Waals surface area (Å²) in [6.45, 7) is 3.66. The molecule has 0 radical (unpaired) electrons. The van der Waals surface area contributed by atoms with Crippen LogP contribution in [0.5, 0.6) is 0 Å². The summed E-state index contributed by atoms with van der Waals surface area (Å²) < 4.78 is 0. The van der Waals surface area contributed by atoms with Crippen LogP contribution in [0.4, 0.5) is 5.69 Å². The van der Waals surface area contributed by atoms with Gasteiger partial charge in [0.15, 0.2) is 5.96 Å². The second-order valence-corrected chi connectivity index (χ2v) is 5.82. The highest BCUT2D eigenvalue weighted by atomic mass is 32.2. The lowest BCUT2D eigenvalue weighted by atomic mass is 10.3. The third-order valence-corrected chi connectivity index (χ3v) is 4.18. The number of benzene rings is 1. The number of guanidine groups is 1. The molecular weight excluding hydrogens is 256 g/mol. The molecule has 5 heteroatoms. The van der Waals surface area contributed by atoms with Gasteiger partial charge in [0, 0.05) is 43.9 Å². The van der Waals surface area contributed by atoms with Crippen molar-refractivity contribution in [1.29, 1.82) is 0 Å². The van der Waals surface area contributed by atoms with Gasteiger partial charge in [0.25, 0.3) is 0 Å². The fraction of sp³-hybridized carbons (Fsp3) is 0.500. The van der Waals surface area contributed by atoms with E-state index in [1.165, 1.54) is 5.69 Å². The maximum absolute atomic E-state index is 6.02. The van der Waals surface area contributed by atoms with Crippen LogP contribution in [0.1, 0.15) is 0 Å². The van der Waals surface area contributed by atoms with E-state index in [9.17, 15) is 0 Å². The topological polar surface area (TPSA) is 44.9 Å². The highest BCUT2D eigenvalue weighted by molar-refractivity contribution is 7.99. The molecule has 0 aliphatic carbocycles. The third-order valence-electron chi connectivity index (χ3n) is 3.24. The van der Waals surface area contributed by atoms with E-state index in [1.54, 1.807) is 0 Å². The minimum atomic E-state index is 0.696. The van der Waals surface area contributed by atoms with Gasteiger partial charge in [-0.2, -0.15) is 11.8 Å². The summed E-state index contributed by atoms with van der Waals surface area (Å²) in [6.07, 6.45) is 0. The molecule has 2 rings (SSSR count). The number of anilines is 1. The van der Waals surface area contributed by atoms with Gasteiger partial charge in [0.2, 0.25) is 0 Å². The van der Waals surface area contributed by atoms with E-state index in [0.29, 0.717) is 5.96 Å². The predicted octanol–water partition coefficient (Wildman–Crippen LogP) is 1.49. The number of hydrogen-bond donors (Lipinski definition) is 1. The molecule has 0 aromatic heterocycles. The summed E-state index contributed by atoms with van der Waals surface area (Å²) in [5.41, 5.74) is 7.24. The first-order chi connectivity index (χ1) is 9.27. The summed E-state index contributed by atoms with van der Waals surface area (Å²) in [5.74, 6) is 3.00. The Morgan fingerprint density at radius 3 is 2.68 bits per heavy atom. The molecule has 0 bridgehead atoms. The first kappa shape index (κ1) is 14.1. The monoisotopic (exact) mass is 278 g/mol. The molecule has 1 saturated heterocycles. The van der Waals surface area contributed by atoms with Crippen LogP contribution in [0.3, 0.4) is 0 Å². The predicted molar refractivity (Wildman–Crippen MR) is 85.1 cm³/mol. The Bertz CT molecular complexity index is 401. The summed E-state index contributed by atoms with van der Waals surface area (Å²) in [7, 11) is 2.08. The Balaban J connectivity index is 1.78. The molecular formula is C14H22N4S. The van der Waals surface area contributed by atoms with Gasteiger partial charge in [-0.05, 0) is 12.1 Å². The van der Waals surface area contributed by atoms with Gasteiger partial charge in [-0.1, -0.05) is 18.2 Å². The molecule has 1 aliphatic rings. The number of aliphatic imine (C=N–C) groups is 1. The third kappa shape index (κ3) is 4.35. The number of nitrogens with zero attached hydrogens (tertiary/aromatic N) is 3. The molecule has 0 unspecified atom stereocenters. The van der Waals surface area contributed by atoms with E-state index < -0.39 is 0 Å². The number of likely N-dealkylation sites (N-methyl/N-ethyl adjacent to an activating group) is 1.